The van der Waals surface area contributed by atoms with Crippen LogP contribution in [0.4, 0.5) is 0 Å². The Bertz CT molecular complexity index is 415. The molecular weight excluding hydrogens is 236 g/mol. The molecule has 0 radical (unpaired) electrons. The van der Waals surface area contributed by atoms with Gasteiger partial charge in [-0.3, -0.25) is 0 Å². The van der Waals surface area contributed by atoms with E-state index >= 15 is 0 Å². The smallest absolute Gasteiger partial charge is 0.0886 e. The molecule has 2 aliphatic rings. The number of fused-ring (bicyclic) bond motifs is 1. The Morgan fingerprint density at radius 1 is 1.16 bits per heavy atom. The van der Waals surface area contributed by atoms with Crippen LogP contribution in [0.5, 0.6) is 0 Å². The molecule has 0 aromatic heterocycles. The fraction of sp³-hybridized carbons (Fsp3) is 0.647. The fourth-order valence-electron chi connectivity index (χ4n) is 3.47. The first-order valence-corrected chi connectivity index (χ1v) is 7.71. The first-order valence-electron chi connectivity index (χ1n) is 7.71. The molecule has 0 spiro atoms. The Morgan fingerprint density at radius 2 is 2.05 bits per heavy atom. The van der Waals surface area contributed by atoms with Crippen molar-refractivity contribution in [2.24, 2.45) is 5.92 Å². The minimum Gasteiger partial charge on any atom is -0.378 e. The van der Waals surface area contributed by atoms with E-state index in [4.69, 9.17) is 9.47 Å². The van der Waals surface area contributed by atoms with E-state index in [-0.39, 0.29) is 6.10 Å². The molecule has 2 nitrogen and oxygen atoms in total. The monoisotopic (exact) mass is 260 g/mol. The lowest BCUT2D eigenvalue weighted by atomic mass is 9.87. The Morgan fingerprint density at radius 3 is 2.95 bits per heavy atom. The molecule has 2 heteroatoms. The van der Waals surface area contributed by atoms with Crippen molar-refractivity contribution in [2.45, 2.75) is 57.8 Å². The first kappa shape index (κ1) is 13.1. The van der Waals surface area contributed by atoms with Crippen molar-refractivity contribution >= 4 is 0 Å². The number of unbranched alkanes of at least 4 members (excludes halogenated alkanes) is 2. The molecule has 3 rings (SSSR count). The van der Waals surface area contributed by atoms with Crippen molar-refractivity contribution in [1.82, 2.24) is 0 Å². The number of hydrogen-bond acceptors (Lipinski definition) is 2. The molecule has 1 fully saturated rings. The van der Waals surface area contributed by atoms with Gasteiger partial charge in [-0.15, -0.1) is 0 Å². The van der Waals surface area contributed by atoms with Crippen molar-refractivity contribution < 1.29 is 9.47 Å². The third kappa shape index (κ3) is 2.70. The average molecular weight is 260 g/mol. The van der Waals surface area contributed by atoms with Gasteiger partial charge >= 0.3 is 0 Å². The molecule has 1 aromatic rings. The molecule has 0 amide bonds. The van der Waals surface area contributed by atoms with Crippen molar-refractivity contribution in [1.29, 1.82) is 0 Å². The van der Waals surface area contributed by atoms with Crippen molar-refractivity contribution in [3.63, 3.8) is 0 Å². The maximum atomic E-state index is 6.06. The van der Waals surface area contributed by atoms with Gasteiger partial charge in [-0.05, 0) is 24.0 Å². The van der Waals surface area contributed by atoms with Gasteiger partial charge in [-0.2, -0.15) is 0 Å². The molecule has 0 saturated carbocycles. The van der Waals surface area contributed by atoms with Crippen LogP contribution in [0.2, 0.25) is 0 Å². The molecule has 3 atom stereocenters. The predicted octanol–water partition coefficient (Wildman–Crippen LogP) is 4.24. The summed E-state index contributed by atoms with van der Waals surface area (Å²) >= 11 is 0. The van der Waals surface area contributed by atoms with Crippen LogP contribution in [-0.2, 0) is 16.1 Å². The molecule has 2 heterocycles. The molecular formula is C17H24O2. The number of benzene rings is 1. The molecule has 1 aromatic carbocycles. The Hall–Kier alpha value is -0.860. The second kappa shape index (κ2) is 6.06. The van der Waals surface area contributed by atoms with E-state index in [1.807, 2.05) is 0 Å². The van der Waals surface area contributed by atoms with Gasteiger partial charge < -0.3 is 9.47 Å². The summed E-state index contributed by atoms with van der Waals surface area (Å²) in [4.78, 5) is 0. The van der Waals surface area contributed by atoms with Crippen molar-refractivity contribution in [2.75, 3.05) is 6.61 Å². The number of rotatable bonds is 5. The fourth-order valence-corrected chi connectivity index (χ4v) is 3.47. The third-order valence-corrected chi connectivity index (χ3v) is 4.52. The normalized spacial score (nSPS) is 29.6. The second-order valence-electron chi connectivity index (χ2n) is 5.79. The van der Waals surface area contributed by atoms with Crippen LogP contribution < -0.4 is 0 Å². The summed E-state index contributed by atoms with van der Waals surface area (Å²) in [5, 5.41) is 0. The zero-order valence-corrected chi connectivity index (χ0v) is 11.8. The van der Waals surface area contributed by atoms with Crippen LogP contribution in [-0.4, -0.2) is 12.7 Å². The molecule has 104 valence electrons. The first-order chi connectivity index (χ1) is 9.40. The van der Waals surface area contributed by atoms with Crippen LogP contribution in [0.1, 0.15) is 56.3 Å². The van der Waals surface area contributed by atoms with E-state index in [0.717, 1.165) is 19.6 Å². The van der Waals surface area contributed by atoms with Crippen LogP contribution >= 0.6 is 0 Å². The quantitative estimate of drug-likeness (QED) is 0.737. The van der Waals surface area contributed by atoms with Gasteiger partial charge in [0.15, 0.2) is 0 Å². The Balaban J connectivity index is 1.68. The van der Waals surface area contributed by atoms with E-state index in [1.165, 1.54) is 36.8 Å². The molecule has 0 unspecified atom stereocenters. The van der Waals surface area contributed by atoms with Crippen LogP contribution in [0.25, 0.3) is 0 Å². The van der Waals surface area contributed by atoms with Gasteiger partial charge in [0.25, 0.3) is 0 Å². The molecule has 0 N–H and O–H groups in total. The second-order valence-corrected chi connectivity index (χ2v) is 5.79. The summed E-state index contributed by atoms with van der Waals surface area (Å²) < 4.78 is 12.0. The third-order valence-electron chi connectivity index (χ3n) is 4.52. The van der Waals surface area contributed by atoms with Crippen LogP contribution in [0, 0.1) is 5.92 Å². The Kier molecular flexibility index (Phi) is 4.19. The summed E-state index contributed by atoms with van der Waals surface area (Å²) in [6.07, 6.45) is 6.89. The summed E-state index contributed by atoms with van der Waals surface area (Å²) in [6, 6.07) is 8.66. The molecule has 19 heavy (non-hydrogen) atoms. The minimum atomic E-state index is 0.269. The molecule has 1 saturated heterocycles. The lowest BCUT2D eigenvalue weighted by Crippen LogP contribution is -2.22. The maximum absolute atomic E-state index is 6.06. The summed E-state index contributed by atoms with van der Waals surface area (Å²) in [5.74, 6) is 0.556. The van der Waals surface area contributed by atoms with Crippen molar-refractivity contribution in [3.8, 4) is 0 Å². The lowest BCUT2D eigenvalue weighted by molar-refractivity contribution is -0.0137. The SMILES string of the molecule is CCCCC[C@@H]1OCC[C@H]1[C@H]1OCc2ccccc21. The zero-order chi connectivity index (χ0) is 13.1. The van der Waals surface area contributed by atoms with Gasteiger partial charge in [0.05, 0.1) is 18.8 Å². The maximum Gasteiger partial charge on any atom is 0.0886 e. The highest BCUT2D eigenvalue weighted by Crippen LogP contribution is 2.43. The standard InChI is InChI=1S/C17H24O2/c1-2-3-4-9-16-15(10-11-18-16)17-14-8-6-5-7-13(14)12-19-17/h5-8,15-17H,2-4,9-12H2,1H3/t15-,16+,17+/m1/s1. The minimum absolute atomic E-state index is 0.269. The summed E-state index contributed by atoms with van der Waals surface area (Å²) in [5.41, 5.74) is 2.77. The van der Waals surface area contributed by atoms with Gasteiger partial charge in [-0.25, -0.2) is 0 Å². The predicted molar refractivity (Wildman–Crippen MR) is 76.0 cm³/mol. The van der Waals surface area contributed by atoms with Gasteiger partial charge in [0.1, 0.15) is 0 Å². The van der Waals surface area contributed by atoms with E-state index in [1.54, 1.807) is 0 Å². The zero-order valence-electron chi connectivity index (χ0n) is 11.8. The van der Waals surface area contributed by atoms with Crippen LogP contribution in [0.3, 0.4) is 0 Å². The van der Waals surface area contributed by atoms with E-state index in [0.29, 0.717) is 12.0 Å². The van der Waals surface area contributed by atoms with E-state index in [9.17, 15) is 0 Å². The highest BCUT2D eigenvalue weighted by Gasteiger charge is 2.38. The van der Waals surface area contributed by atoms with Gasteiger partial charge in [0.2, 0.25) is 0 Å². The highest BCUT2D eigenvalue weighted by atomic mass is 16.5. The number of ether oxygens (including phenoxy) is 2. The number of hydrogen-bond donors (Lipinski definition) is 0. The largest absolute Gasteiger partial charge is 0.378 e. The van der Waals surface area contributed by atoms with Gasteiger partial charge in [0, 0.05) is 12.5 Å². The van der Waals surface area contributed by atoms with E-state index in [2.05, 4.69) is 31.2 Å². The van der Waals surface area contributed by atoms with Gasteiger partial charge in [-0.1, -0.05) is 50.5 Å². The average Bonchev–Trinajstić information content (AvgIpc) is 3.04. The summed E-state index contributed by atoms with van der Waals surface area (Å²) in [6.45, 7) is 3.94. The molecule has 0 aliphatic carbocycles. The lowest BCUT2D eigenvalue weighted by Gasteiger charge is -2.24. The van der Waals surface area contributed by atoms with Crippen molar-refractivity contribution in [3.05, 3.63) is 35.4 Å². The Labute approximate surface area is 116 Å². The topological polar surface area (TPSA) is 18.5 Å². The van der Waals surface area contributed by atoms with E-state index < -0.39 is 0 Å². The molecule has 0 bridgehead atoms. The molecule has 2 aliphatic heterocycles. The summed E-state index contributed by atoms with van der Waals surface area (Å²) in [7, 11) is 0. The van der Waals surface area contributed by atoms with Crippen LogP contribution in [0.15, 0.2) is 24.3 Å². The highest BCUT2D eigenvalue weighted by molar-refractivity contribution is 5.32.